The quantitative estimate of drug-likeness (QED) is 0.665. The Kier molecular flexibility index (Phi) is 1.89. The third kappa shape index (κ3) is 1.05. The maximum absolute atomic E-state index is 10.4. The average Bonchev–Trinajstić information content (AvgIpc) is 2.30. The van der Waals surface area contributed by atoms with Crippen molar-refractivity contribution in [2.24, 2.45) is 0 Å². The van der Waals surface area contributed by atoms with Crippen molar-refractivity contribution >= 4 is 17.9 Å². The molecule has 0 spiro atoms. The van der Waals surface area contributed by atoms with Crippen LogP contribution in [0.2, 0.25) is 5.02 Å². The number of hydrogen-bond acceptors (Lipinski definition) is 3. The van der Waals surface area contributed by atoms with Crippen LogP contribution in [0.25, 0.3) is 0 Å². The van der Waals surface area contributed by atoms with Crippen LogP contribution in [0.1, 0.15) is 41.4 Å². The van der Waals surface area contributed by atoms with Crippen LogP contribution in [0.5, 0.6) is 0 Å². The Labute approximate surface area is 74.7 Å². The fraction of sp³-hybridized carbons (Fsp3) is 0.500. The van der Waals surface area contributed by atoms with Crippen molar-refractivity contribution in [3.8, 4) is 0 Å². The van der Waals surface area contributed by atoms with Gasteiger partial charge in [-0.25, -0.2) is 0 Å². The molecule has 0 bridgehead atoms. The Morgan fingerprint density at radius 2 is 2.33 bits per heavy atom. The van der Waals surface area contributed by atoms with Crippen molar-refractivity contribution in [2.45, 2.75) is 25.2 Å². The predicted molar refractivity (Wildman–Crippen MR) is 43.5 cm³/mol. The highest BCUT2D eigenvalue weighted by Crippen LogP contribution is 2.39. The standard InChI is InChI=1S/C8H8ClNO2/c9-7-6(4-11)12-10-8(7)5-2-1-3-5/h4-5H,1-3H2. The first-order valence-electron chi connectivity index (χ1n) is 3.93. The molecule has 1 saturated carbocycles. The Hall–Kier alpha value is -0.830. The summed E-state index contributed by atoms with van der Waals surface area (Å²) in [6.07, 6.45) is 4.01. The number of rotatable bonds is 2. The van der Waals surface area contributed by atoms with Crippen molar-refractivity contribution < 1.29 is 9.32 Å². The second-order valence-corrected chi connectivity index (χ2v) is 3.37. The summed E-state index contributed by atoms with van der Waals surface area (Å²) < 4.78 is 4.75. The first-order valence-corrected chi connectivity index (χ1v) is 4.31. The van der Waals surface area contributed by atoms with E-state index in [1.54, 1.807) is 0 Å². The molecule has 0 saturated heterocycles. The summed E-state index contributed by atoms with van der Waals surface area (Å²) in [5.41, 5.74) is 0.755. The molecule has 64 valence electrons. The summed E-state index contributed by atoms with van der Waals surface area (Å²) in [5.74, 6) is 0.563. The van der Waals surface area contributed by atoms with E-state index in [0.717, 1.165) is 18.5 Å². The van der Waals surface area contributed by atoms with Gasteiger partial charge in [-0.15, -0.1) is 0 Å². The third-order valence-corrected chi connectivity index (χ3v) is 2.66. The van der Waals surface area contributed by atoms with E-state index < -0.39 is 0 Å². The van der Waals surface area contributed by atoms with E-state index in [1.165, 1.54) is 6.42 Å². The molecule has 0 aliphatic heterocycles. The number of hydrogen-bond donors (Lipinski definition) is 0. The lowest BCUT2D eigenvalue weighted by molar-refractivity contribution is 0.109. The predicted octanol–water partition coefficient (Wildman–Crippen LogP) is 2.41. The summed E-state index contributed by atoms with van der Waals surface area (Å²) in [7, 11) is 0. The maximum atomic E-state index is 10.4. The van der Waals surface area contributed by atoms with Crippen molar-refractivity contribution in [1.29, 1.82) is 0 Å². The summed E-state index contributed by atoms with van der Waals surface area (Å²) in [6, 6.07) is 0. The molecular formula is C8H8ClNO2. The molecule has 2 rings (SSSR count). The Bertz CT molecular complexity index is 304. The zero-order chi connectivity index (χ0) is 8.55. The molecule has 1 aromatic heterocycles. The zero-order valence-corrected chi connectivity index (χ0v) is 7.17. The van der Waals surface area contributed by atoms with Gasteiger partial charge in [0, 0.05) is 5.92 Å². The van der Waals surface area contributed by atoms with E-state index in [4.69, 9.17) is 16.1 Å². The van der Waals surface area contributed by atoms with Gasteiger partial charge in [0.15, 0.2) is 6.29 Å². The van der Waals surface area contributed by atoms with Gasteiger partial charge in [-0.3, -0.25) is 4.79 Å². The second-order valence-electron chi connectivity index (χ2n) is 2.99. The van der Waals surface area contributed by atoms with E-state index >= 15 is 0 Å². The molecule has 0 atom stereocenters. The van der Waals surface area contributed by atoms with Crippen LogP contribution < -0.4 is 0 Å². The molecule has 0 aromatic carbocycles. The van der Waals surface area contributed by atoms with Gasteiger partial charge in [-0.05, 0) is 12.8 Å². The van der Waals surface area contributed by atoms with Gasteiger partial charge in [0.2, 0.25) is 5.76 Å². The molecule has 4 heteroatoms. The second kappa shape index (κ2) is 2.90. The van der Waals surface area contributed by atoms with Crippen molar-refractivity contribution in [2.75, 3.05) is 0 Å². The van der Waals surface area contributed by atoms with Gasteiger partial charge in [-0.2, -0.15) is 0 Å². The minimum absolute atomic E-state index is 0.151. The zero-order valence-electron chi connectivity index (χ0n) is 6.42. The van der Waals surface area contributed by atoms with Crippen LogP contribution in [-0.2, 0) is 0 Å². The van der Waals surface area contributed by atoms with Gasteiger partial charge in [0.25, 0.3) is 0 Å². The minimum atomic E-state index is 0.151. The van der Waals surface area contributed by atoms with Crippen LogP contribution in [0.4, 0.5) is 0 Å². The van der Waals surface area contributed by atoms with Gasteiger partial charge in [0.1, 0.15) is 10.7 Å². The van der Waals surface area contributed by atoms with Crippen molar-refractivity contribution in [3.63, 3.8) is 0 Å². The summed E-state index contributed by atoms with van der Waals surface area (Å²) in [4.78, 5) is 10.4. The lowest BCUT2D eigenvalue weighted by Gasteiger charge is -2.22. The van der Waals surface area contributed by atoms with Crippen LogP contribution in [0.3, 0.4) is 0 Å². The Morgan fingerprint density at radius 1 is 1.58 bits per heavy atom. The summed E-state index contributed by atoms with van der Waals surface area (Å²) in [5, 5.41) is 4.17. The highest BCUT2D eigenvalue weighted by Gasteiger charge is 2.27. The van der Waals surface area contributed by atoms with Gasteiger partial charge < -0.3 is 4.52 Å². The fourth-order valence-electron chi connectivity index (χ4n) is 1.31. The smallest absolute Gasteiger partial charge is 0.218 e. The average molecular weight is 186 g/mol. The number of aromatic nitrogens is 1. The largest absolute Gasteiger partial charge is 0.351 e. The number of nitrogens with zero attached hydrogens (tertiary/aromatic N) is 1. The van der Waals surface area contributed by atoms with E-state index in [2.05, 4.69) is 5.16 Å². The molecule has 3 nitrogen and oxygen atoms in total. The van der Waals surface area contributed by atoms with E-state index in [9.17, 15) is 4.79 Å². The van der Waals surface area contributed by atoms with Gasteiger partial charge in [-0.1, -0.05) is 23.2 Å². The molecule has 1 heterocycles. The van der Waals surface area contributed by atoms with Gasteiger partial charge in [0.05, 0.1) is 0 Å². The van der Waals surface area contributed by atoms with Crippen LogP contribution in [0.15, 0.2) is 4.52 Å². The first-order chi connectivity index (χ1) is 5.83. The Balaban J connectivity index is 2.31. The molecule has 1 aliphatic rings. The van der Waals surface area contributed by atoms with Crippen LogP contribution in [-0.4, -0.2) is 11.4 Å². The SMILES string of the molecule is O=Cc1onc(C2CCC2)c1Cl. The number of aldehydes is 1. The molecule has 1 aliphatic carbocycles. The fourth-order valence-corrected chi connectivity index (χ4v) is 1.58. The summed E-state index contributed by atoms with van der Waals surface area (Å²) >= 11 is 5.84. The normalized spacial score (nSPS) is 17.4. The van der Waals surface area contributed by atoms with Crippen LogP contribution in [0, 0.1) is 0 Å². The van der Waals surface area contributed by atoms with E-state index in [-0.39, 0.29) is 5.76 Å². The number of carbonyl (C=O) groups is 1. The van der Waals surface area contributed by atoms with Crippen LogP contribution >= 0.6 is 11.6 Å². The molecule has 0 radical (unpaired) electrons. The molecular weight excluding hydrogens is 178 g/mol. The maximum Gasteiger partial charge on any atom is 0.218 e. The summed E-state index contributed by atoms with van der Waals surface area (Å²) in [6.45, 7) is 0. The van der Waals surface area contributed by atoms with Crippen molar-refractivity contribution in [3.05, 3.63) is 16.5 Å². The number of halogens is 1. The lowest BCUT2D eigenvalue weighted by atomic mass is 9.83. The van der Waals surface area contributed by atoms with E-state index in [1.807, 2.05) is 0 Å². The Morgan fingerprint density at radius 3 is 2.75 bits per heavy atom. The first kappa shape index (κ1) is 7.80. The van der Waals surface area contributed by atoms with Gasteiger partial charge >= 0.3 is 0 Å². The molecule has 0 N–H and O–H groups in total. The third-order valence-electron chi connectivity index (χ3n) is 2.28. The highest BCUT2D eigenvalue weighted by atomic mass is 35.5. The number of carbonyl (C=O) groups excluding carboxylic acids is 1. The topological polar surface area (TPSA) is 43.1 Å². The molecule has 1 aromatic rings. The highest BCUT2D eigenvalue weighted by molar-refractivity contribution is 6.33. The molecule has 0 amide bonds. The monoisotopic (exact) mass is 185 g/mol. The molecule has 0 unspecified atom stereocenters. The molecule has 12 heavy (non-hydrogen) atoms. The van der Waals surface area contributed by atoms with Crippen molar-refractivity contribution in [1.82, 2.24) is 5.16 Å². The minimum Gasteiger partial charge on any atom is -0.351 e. The molecule has 1 fully saturated rings. The van der Waals surface area contributed by atoms with E-state index in [0.29, 0.717) is 17.2 Å². The lowest BCUT2D eigenvalue weighted by Crippen LogP contribution is -2.09.